The minimum Gasteiger partial charge on any atom is -0.494 e. The highest BCUT2D eigenvalue weighted by atomic mass is 16.6. The second-order valence-corrected chi connectivity index (χ2v) is 6.02. The fraction of sp³-hybridized carbons (Fsp3) is 0.471. The molecule has 0 atom stereocenters. The van der Waals surface area contributed by atoms with Gasteiger partial charge in [0.2, 0.25) is 0 Å². The summed E-state index contributed by atoms with van der Waals surface area (Å²) in [4.78, 5) is 13.9. The van der Waals surface area contributed by atoms with Gasteiger partial charge < -0.3 is 14.2 Å². The summed E-state index contributed by atoms with van der Waals surface area (Å²) in [6.07, 6.45) is -0.367. The van der Waals surface area contributed by atoms with Crippen LogP contribution in [0.25, 0.3) is 5.76 Å². The Hall–Kier alpha value is -2.17. The molecule has 1 amide bonds. The maximum absolute atomic E-state index is 12.3. The minimum absolute atomic E-state index is 0.367. The maximum atomic E-state index is 12.3. The SMILES string of the molecule is C=C(OCC)c1ccc2c(c1)OCCN2C(=O)OC(C)(C)C. The summed E-state index contributed by atoms with van der Waals surface area (Å²) in [5.74, 6) is 1.22. The van der Waals surface area contributed by atoms with Crippen LogP contribution in [0.3, 0.4) is 0 Å². The summed E-state index contributed by atoms with van der Waals surface area (Å²) in [5, 5.41) is 0. The lowest BCUT2D eigenvalue weighted by Crippen LogP contribution is -2.41. The second kappa shape index (κ2) is 6.30. The van der Waals surface area contributed by atoms with Crippen LogP contribution < -0.4 is 9.64 Å². The molecule has 0 radical (unpaired) electrons. The summed E-state index contributed by atoms with van der Waals surface area (Å²) in [6, 6.07) is 5.53. The fourth-order valence-electron chi connectivity index (χ4n) is 2.16. The van der Waals surface area contributed by atoms with Gasteiger partial charge in [0.05, 0.1) is 18.8 Å². The van der Waals surface area contributed by atoms with Crippen molar-refractivity contribution in [1.29, 1.82) is 0 Å². The van der Waals surface area contributed by atoms with E-state index in [9.17, 15) is 4.79 Å². The molecule has 0 saturated carbocycles. The molecule has 1 aliphatic rings. The fourth-order valence-corrected chi connectivity index (χ4v) is 2.16. The van der Waals surface area contributed by atoms with Gasteiger partial charge >= 0.3 is 6.09 Å². The van der Waals surface area contributed by atoms with E-state index in [1.54, 1.807) is 4.90 Å². The second-order valence-electron chi connectivity index (χ2n) is 6.02. The topological polar surface area (TPSA) is 48.0 Å². The highest BCUT2D eigenvalue weighted by molar-refractivity contribution is 5.90. The number of amides is 1. The van der Waals surface area contributed by atoms with Crippen LogP contribution in [0.15, 0.2) is 24.8 Å². The van der Waals surface area contributed by atoms with Gasteiger partial charge in [0.25, 0.3) is 0 Å². The molecular formula is C17H23NO4. The smallest absolute Gasteiger partial charge is 0.415 e. The molecule has 0 aliphatic carbocycles. The van der Waals surface area contributed by atoms with Crippen molar-refractivity contribution < 1.29 is 19.0 Å². The van der Waals surface area contributed by atoms with E-state index in [4.69, 9.17) is 14.2 Å². The average molecular weight is 305 g/mol. The summed E-state index contributed by atoms with van der Waals surface area (Å²) < 4.78 is 16.5. The number of benzene rings is 1. The molecule has 0 saturated heterocycles. The van der Waals surface area contributed by atoms with Gasteiger partial charge in [-0.1, -0.05) is 6.58 Å². The Morgan fingerprint density at radius 1 is 1.41 bits per heavy atom. The van der Waals surface area contributed by atoms with Gasteiger partial charge in [-0.3, -0.25) is 4.90 Å². The van der Waals surface area contributed by atoms with E-state index in [-0.39, 0.29) is 6.09 Å². The first kappa shape index (κ1) is 16.2. The third kappa shape index (κ3) is 3.72. The Labute approximate surface area is 131 Å². The van der Waals surface area contributed by atoms with Crippen LogP contribution in [0.2, 0.25) is 0 Å². The molecule has 0 N–H and O–H groups in total. The van der Waals surface area contributed by atoms with Crippen molar-refractivity contribution in [3.63, 3.8) is 0 Å². The number of rotatable bonds is 3. The number of carbonyl (C=O) groups excluding carboxylic acids is 1. The molecule has 5 heteroatoms. The number of hydrogen-bond donors (Lipinski definition) is 0. The molecule has 0 fully saturated rings. The summed E-state index contributed by atoms with van der Waals surface area (Å²) in [6.45, 7) is 12.8. The Morgan fingerprint density at radius 3 is 2.77 bits per heavy atom. The largest absolute Gasteiger partial charge is 0.494 e. The van der Waals surface area contributed by atoms with Gasteiger partial charge in [-0.2, -0.15) is 0 Å². The molecule has 0 bridgehead atoms. The number of anilines is 1. The van der Waals surface area contributed by atoms with E-state index in [2.05, 4.69) is 6.58 Å². The van der Waals surface area contributed by atoms with Crippen molar-refractivity contribution >= 4 is 17.5 Å². The minimum atomic E-state index is -0.529. The van der Waals surface area contributed by atoms with Crippen molar-refractivity contribution in [1.82, 2.24) is 0 Å². The molecule has 1 aromatic carbocycles. The predicted octanol–water partition coefficient (Wildman–Crippen LogP) is 3.83. The molecule has 0 aromatic heterocycles. The standard InChI is InChI=1S/C17H23NO4/c1-6-20-12(2)13-7-8-14-15(11-13)21-10-9-18(14)16(19)22-17(3,4)5/h7-8,11H,2,6,9-10H2,1,3-5H3. The van der Waals surface area contributed by atoms with Gasteiger partial charge in [-0.25, -0.2) is 4.79 Å². The van der Waals surface area contributed by atoms with Gasteiger partial charge in [0.1, 0.15) is 23.7 Å². The monoisotopic (exact) mass is 305 g/mol. The van der Waals surface area contributed by atoms with Crippen molar-refractivity contribution in [2.24, 2.45) is 0 Å². The highest BCUT2D eigenvalue weighted by Gasteiger charge is 2.28. The molecule has 1 aliphatic heterocycles. The molecule has 5 nitrogen and oxygen atoms in total. The number of ether oxygens (including phenoxy) is 3. The van der Waals surface area contributed by atoms with Gasteiger partial charge in [-0.05, 0) is 45.9 Å². The molecular weight excluding hydrogens is 282 g/mol. The van der Waals surface area contributed by atoms with Gasteiger partial charge in [-0.15, -0.1) is 0 Å². The first-order chi connectivity index (χ1) is 10.3. The van der Waals surface area contributed by atoms with Gasteiger partial charge in [0.15, 0.2) is 0 Å². The molecule has 22 heavy (non-hydrogen) atoms. The number of fused-ring (bicyclic) bond motifs is 1. The highest BCUT2D eigenvalue weighted by Crippen LogP contribution is 2.35. The van der Waals surface area contributed by atoms with Crippen LogP contribution in [0.4, 0.5) is 10.5 Å². The quantitative estimate of drug-likeness (QED) is 0.796. The molecule has 1 heterocycles. The van der Waals surface area contributed by atoms with E-state index in [1.165, 1.54) is 0 Å². The van der Waals surface area contributed by atoms with E-state index in [0.29, 0.717) is 37.0 Å². The molecule has 0 unspecified atom stereocenters. The van der Waals surface area contributed by atoms with Crippen LogP contribution in [-0.4, -0.2) is 31.5 Å². The molecule has 1 aromatic rings. The third-order valence-corrected chi connectivity index (χ3v) is 3.08. The average Bonchev–Trinajstić information content (AvgIpc) is 2.44. The Kier molecular flexibility index (Phi) is 4.64. The third-order valence-electron chi connectivity index (χ3n) is 3.08. The van der Waals surface area contributed by atoms with Crippen molar-refractivity contribution in [3.8, 4) is 5.75 Å². The first-order valence-electron chi connectivity index (χ1n) is 7.41. The molecule has 120 valence electrons. The van der Waals surface area contributed by atoms with Gasteiger partial charge in [0, 0.05) is 5.56 Å². The summed E-state index contributed by atoms with van der Waals surface area (Å²) in [5.41, 5.74) is 1.01. The van der Waals surface area contributed by atoms with Crippen molar-refractivity contribution in [2.75, 3.05) is 24.7 Å². The van der Waals surface area contributed by atoms with Crippen LogP contribution >= 0.6 is 0 Å². The van der Waals surface area contributed by atoms with Crippen LogP contribution in [0.1, 0.15) is 33.3 Å². The zero-order chi connectivity index (χ0) is 16.3. The molecule has 2 rings (SSSR count). The Bertz CT molecular complexity index is 575. The summed E-state index contributed by atoms with van der Waals surface area (Å²) in [7, 11) is 0. The van der Waals surface area contributed by atoms with Crippen molar-refractivity contribution in [3.05, 3.63) is 30.3 Å². The Balaban J connectivity index is 2.24. The van der Waals surface area contributed by atoms with E-state index < -0.39 is 5.60 Å². The van der Waals surface area contributed by atoms with E-state index in [1.807, 2.05) is 45.9 Å². The van der Waals surface area contributed by atoms with E-state index >= 15 is 0 Å². The molecule has 0 spiro atoms. The summed E-state index contributed by atoms with van der Waals surface area (Å²) >= 11 is 0. The number of carbonyl (C=O) groups is 1. The zero-order valence-corrected chi connectivity index (χ0v) is 13.6. The Morgan fingerprint density at radius 2 is 2.14 bits per heavy atom. The van der Waals surface area contributed by atoms with Crippen LogP contribution in [-0.2, 0) is 9.47 Å². The zero-order valence-electron chi connectivity index (χ0n) is 13.6. The van der Waals surface area contributed by atoms with Crippen LogP contribution in [0.5, 0.6) is 5.75 Å². The number of nitrogens with zero attached hydrogens (tertiary/aromatic N) is 1. The van der Waals surface area contributed by atoms with E-state index in [0.717, 1.165) is 5.56 Å². The van der Waals surface area contributed by atoms with Crippen molar-refractivity contribution in [2.45, 2.75) is 33.3 Å². The first-order valence-corrected chi connectivity index (χ1v) is 7.41. The lowest BCUT2D eigenvalue weighted by Gasteiger charge is -2.31. The maximum Gasteiger partial charge on any atom is 0.415 e. The lowest BCUT2D eigenvalue weighted by atomic mass is 10.1. The lowest BCUT2D eigenvalue weighted by molar-refractivity contribution is 0.0568. The predicted molar refractivity (Wildman–Crippen MR) is 86.2 cm³/mol. The number of hydrogen-bond acceptors (Lipinski definition) is 4. The van der Waals surface area contributed by atoms with Crippen LogP contribution in [0, 0.1) is 0 Å². The normalized spacial score (nSPS) is 13.9.